The number of hydrogen-bond donors (Lipinski definition) is 0. The minimum atomic E-state index is 0.545. The summed E-state index contributed by atoms with van der Waals surface area (Å²) in [5.41, 5.74) is 3.76. The molecule has 114 valence electrons. The molecule has 6 heteroatoms. The van der Waals surface area contributed by atoms with Crippen LogP contribution >= 0.6 is 0 Å². The van der Waals surface area contributed by atoms with E-state index in [4.69, 9.17) is 9.72 Å². The van der Waals surface area contributed by atoms with E-state index in [9.17, 15) is 5.26 Å². The highest BCUT2D eigenvalue weighted by molar-refractivity contribution is 5.56. The summed E-state index contributed by atoms with van der Waals surface area (Å²) in [6, 6.07) is 6.16. The molecule has 2 aromatic heterocycles. The molecule has 1 aliphatic heterocycles. The van der Waals surface area contributed by atoms with Gasteiger partial charge in [0.05, 0.1) is 36.7 Å². The molecule has 0 spiro atoms. The lowest BCUT2D eigenvalue weighted by molar-refractivity contribution is 0.109. The van der Waals surface area contributed by atoms with Crippen molar-refractivity contribution in [3.05, 3.63) is 40.8 Å². The maximum atomic E-state index is 9.42. The minimum Gasteiger partial charge on any atom is -0.376 e. The van der Waals surface area contributed by atoms with Crippen molar-refractivity contribution >= 4 is 5.82 Å². The van der Waals surface area contributed by atoms with Crippen molar-refractivity contribution in [2.24, 2.45) is 0 Å². The van der Waals surface area contributed by atoms with Gasteiger partial charge in [-0.15, -0.1) is 0 Å². The Hall–Kier alpha value is -2.39. The Morgan fingerprint density at radius 1 is 1.50 bits per heavy atom. The largest absolute Gasteiger partial charge is 0.376 e. The molecular weight excluding hydrogens is 278 g/mol. The molecule has 0 atom stereocenters. The molecule has 0 amide bonds. The van der Waals surface area contributed by atoms with Crippen LogP contribution in [-0.4, -0.2) is 28.4 Å². The predicted molar refractivity (Wildman–Crippen MR) is 82.3 cm³/mol. The molecule has 0 N–H and O–H groups in total. The summed E-state index contributed by atoms with van der Waals surface area (Å²) in [7, 11) is 1.96. The number of nitriles is 1. The summed E-state index contributed by atoms with van der Waals surface area (Å²) in [6.45, 7) is 4.80. The molecule has 6 nitrogen and oxygen atoms in total. The Labute approximate surface area is 129 Å². The van der Waals surface area contributed by atoms with Crippen LogP contribution in [0.15, 0.2) is 18.3 Å². The van der Waals surface area contributed by atoms with Gasteiger partial charge >= 0.3 is 0 Å². The third-order valence-corrected chi connectivity index (χ3v) is 3.90. The zero-order chi connectivity index (χ0) is 15.5. The molecule has 0 fully saturated rings. The second-order valence-corrected chi connectivity index (χ2v) is 5.37. The SMILES string of the molecule is CCn1nccc1CN(C)c1nc2c(cc1C#N)COCC2. The van der Waals surface area contributed by atoms with E-state index in [1.807, 2.05) is 28.8 Å². The first-order valence-electron chi connectivity index (χ1n) is 7.45. The second kappa shape index (κ2) is 6.16. The fourth-order valence-corrected chi connectivity index (χ4v) is 2.74. The number of nitrogens with zero attached hydrogens (tertiary/aromatic N) is 5. The Morgan fingerprint density at radius 3 is 3.14 bits per heavy atom. The quantitative estimate of drug-likeness (QED) is 0.862. The molecule has 22 heavy (non-hydrogen) atoms. The van der Waals surface area contributed by atoms with Crippen LogP contribution in [0, 0.1) is 11.3 Å². The van der Waals surface area contributed by atoms with Crippen LogP contribution in [0.1, 0.15) is 29.4 Å². The van der Waals surface area contributed by atoms with Gasteiger partial charge in [-0.3, -0.25) is 4.68 Å². The highest BCUT2D eigenvalue weighted by Crippen LogP contribution is 2.24. The van der Waals surface area contributed by atoms with Crippen molar-refractivity contribution < 1.29 is 4.74 Å². The van der Waals surface area contributed by atoms with Crippen molar-refractivity contribution in [1.82, 2.24) is 14.8 Å². The van der Waals surface area contributed by atoms with Crippen LogP contribution in [0.4, 0.5) is 5.82 Å². The van der Waals surface area contributed by atoms with Crippen LogP contribution in [-0.2, 0) is 30.9 Å². The van der Waals surface area contributed by atoms with Crippen LogP contribution in [0.25, 0.3) is 0 Å². The van der Waals surface area contributed by atoms with E-state index in [1.54, 1.807) is 6.20 Å². The fourth-order valence-electron chi connectivity index (χ4n) is 2.74. The molecule has 0 unspecified atom stereocenters. The summed E-state index contributed by atoms with van der Waals surface area (Å²) < 4.78 is 7.39. The smallest absolute Gasteiger partial charge is 0.146 e. The Morgan fingerprint density at radius 2 is 2.36 bits per heavy atom. The van der Waals surface area contributed by atoms with Crippen LogP contribution in [0.5, 0.6) is 0 Å². The van der Waals surface area contributed by atoms with Gasteiger partial charge in [0.15, 0.2) is 0 Å². The summed E-state index contributed by atoms with van der Waals surface area (Å²) in [4.78, 5) is 6.73. The van der Waals surface area contributed by atoms with Gasteiger partial charge in [0.2, 0.25) is 0 Å². The normalized spacial score (nSPS) is 13.5. The van der Waals surface area contributed by atoms with Crippen molar-refractivity contribution in [3.63, 3.8) is 0 Å². The predicted octanol–water partition coefficient (Wildman–Crippen LogP) is 1.88. The molecular formula is C16H19N5O. The molecule has 3 rings (SSSR count). The van der Waals surface area contributed by atoms with E-state index >= 15 is 0 Å². The lowest BCUT2D eigenvalue weighted by Gasteiger charge is -2.23. The van der Waals surface area contributed by atoms with Gasteiger partial charge < -0.3 is 9.64 Å². The van der Waals surface area contributed by atoms with E-state index in [1.165, 1.54) is 0 Å². The first-order valence-corrected chi connectivity index (χ1v) is 7.45. The van der Waals surface area contributed by atoms with Crippen molar-refractivity contribution in [2.45, 2.75) is 33.0 Å². The molecule has 0 saturated heterocycles. The van der Waals surface area contributed by atoms with Crippen molar-refractivity contribution in [3.8, 4) is 6.07 Å². The number of aryl methyl sites for hydroxylation is 1. The molecule has 2 aromatic rings. The Bertz CT molecular complexity index is 716. The highest BCUT2D eigenvalue weighted by Gasteiger charge is 2.18. The fraction of sp³-hybridized carbons (Fsp3) is 0.438. The lowest BCUT2D eigenvalue weighted by Crippen LogP contribution is -2.23. The molecule has 0 aromatic carbocycles. The number of ether oxygens (including phenoxy) is 1. The molecule has 0 radical (unpaired) electrons. The van der Waals surface area contributed by atoms with Crippen LogP contribution in [0.3, 0.4) is 0 Å². The molecule has 0 saturated carbocycles. The third kappa shape index (κ3) is 2.68. The summed E-state index contributed by atoms with van der Waals surface area (Å²) in [5, 5.41) is 13.7. The van der Waals surface area contributed by atoms with Crippen molar-refractivity contribution in [1.29, 1.82) is 5.26 Å². The van der Waals surface area contributed by atoms with Crippen LogP contribution < -0.4 is 4.90 Å². The average molecular weight is 297 g/mol. The highest BCUT2D eigenvalue weighted by atomic mass is 16.5. The van der Waals surface area contributed by atoms with Gasteiger partial charge in [-0.1, -0.05) is 0 Å². The number of hydrogen-bond acceptors (Lipinski definition) is 5. The number of rotatable bonds is 4. The van der Waals surface area contributed by atoms with Gasteiger partial charge in [0.1, 0.15) is 11.9 Å². The second-order valence-electron chi connectivity index (χ2n) is 5.37. The topological polar surface area (TPSA) is 67.0 Å². The molecule has 0 aliphatic carbocycles. The standard InChI is InChI=1S/C16H19N5O/c1-3-21-14(4-6-18-21)10-20(2)16-12(9-17)8-13-11-22-7-5-15(13)19-16/h4,6,8H,3,5,7,10-11H2,1-2H3. The molecule has 0 bridgehead atoms. The van der Waals surface area contributed by atoms with E-state index in [0.29, 0.717) is 25.3 Å². The van der Waals surface area contributed by atoms with E-state index in [-0.39, 0.29) is 0 Å². The van der Waals surface area contributed by atoms with Gasteiger partial charge in [0, 0.05) is 31.8 Å². The zero-order valence-corrected chi connectivity index (χ0v) is 12.9. The number of pyridine rings is 1. The maximum absolute atomic E-state index is 9.42. The van der Waals surface area contributed by atoms with Gasteiger partial charge in [-0.05, 0) is 19.1 Å². The Balaban J connectivity index is 1.91. The number of aromatic nitrogens is 3. The lowest BCUT2D eigenvalue weighted by atomic mass is 10.1. The number of fused-ring (bicyclic) bond motifs is 1. The minimum absolute atomic E-state index is 0.545. The van der Waals surface area contributed by atoms with Gasteiger partial charge in [-0.2, -0.15) is 10.4 Å². The number of anilines is 1. The van der Waals surface area contributed by atoms with Crippen molar-refractivity contribution in [2.75, 3.05) is 18.6 Å². The first kappa shape index (κ1) is 14.5. The first-order chi connectivity index (χ1) is 10.7. The van der Waals surface area contributed by atoms with E-state index < -0.39 is 0 Å². The zero-order valence-electron chi connectivity index (χ0n) is 12.9. The molecule has 3 heterocycles. The maximum Gasteiger partial charge on any atom is 0.146 e. The third-order valence-electron chi connectivity index (χ3n) is 3.90. The van der Waals surface area contributed by atoms with E-state index in [0.717, 1.165) is 35.7 Å². The average Bonchev–Trinajstić information content (AvgIpc) is 3.00. The Kier molecular flexibility index (Phi) is 4.07. The summed E-state index contributed by atoms with van der Waals surface area (Å²) in [5.74, 6) is 0.729. The van der Waals surface area contributed by atoms with Crippen LogP contribution in [0.2, 0.25) is 0 Å². The summed E-state index contributed by atoms with van der Waals surface area (Å²) in [6.07, 6.45) is 2.60. The summed E-state index contributed by atoms with van der Waals surface area (Å²) >= 11 is 0. The van der Waals surface area contributed by atoms with E-state index in [2.05, 4.69) is 18.1 Å². The monoisotopic (exact) mass is 297 g/mol. The van der Waals surface area contributed by atoms with Gasteiger partial charge in [-0.25, -0.2) is 4.98 Å². The molecule has 1 aliphatic rings. The van der Waals surface area contributed by atoms with Gasteiger partial charge in [0.25, 0.3) is 0 Å².